The number of nitrogens with one attached hydrogen (secondary N) is 2. The van der Waals surface area contributed by atoms with Gasteiger partial charge >= 0.3 is 0 Å². The Bertz CT molecular complexity index is 505. The van der Waals surface area contributed by atoms with Crippen molar-refractivity contribution in [2.45, 2.75) is 32.2 Å². The lowest BCUT2D eigenvalue weighted by molar-refractivity contribution is -0.117. The standard InChI is InChI=1S/C15H18N2O2/c1-9-8-13(9)15(19)17-11-4-2-10(3-5-11)14(18)16-12-6-7-12/h2-5,9,12-13H,6-8H2,1H3,(H,16,18)(H,17,19)/t9-,13+/m0/s1. The molecule has 100 valence electrons. The fourth-order valence-electron chi connectivity index (χ4n) is 2.12. The van der Waals surface area contributed by atoms with Crippen molar-refractivity contribution in [1.82, 2.24) is 5.32 Å². The Balaban J connectivity index is 1.58. The monoisotopic (exact) mass is 258 g/mol. The molecule has 1 aromatic rings. The third-order valence-electron chi connectivity index (χ3n) is 3.77. The molecule has 1 aromatic carbocycles. The Morgan fingerprint density at radius 2 is 1.79 bits per heavy atom. The molecule has 0 heterocycles. The lowest BCUT2D eigenvalue weighted by Gasteiger charge is -2.06. The van der Waals surface area contributed by atoms with Crippen LogP contribution in [0.3, 0.4) is 0 Å². The fraction of sp³-hybridized carbons (Fsp3) is 0.467. The van der Waals surface area contributed by atoms with E-state index in [0.717, 1.165) is 24.9 Å². The molecule has 4 nitrogen and oxygen atoms in total. The van der Waals surface area contributed by atoms with Crippen molar-refractivity contribution < 1.29 is 9.59 Å². The average Bonchev–Trinajstić information content (AvgIpc) is 3.28. The largest absolute Gasteiger partial charge is 0.349 e. The van der Waals surface area contributed by atoms with Gasteiger partial charge in [-0.1, -0.05) is 6.92 Å². The van der Waals surface area contributed by atoms with Crippen LogP contribution >= 0.6 is 0 Å². The maximum atomic E-state index is 11.8. The van der Waals surface area contributed by atoms with Crippen LogP contribution in [0.25, 0.3) is 0 Å². The number of anilines is 1. The van der Waals surface area contributed by atoms with Crippen molar-refractivity contribution in [1.29, 1.82) is 0 Å². The Hall–Kier alpha value is -1.84. The summed E-state index contributed by atoms with van der Waals surface area (Å²) in [5.74, 6) is 0.723. The molecule has 19 heavy (non-hydrogen) atoms. The van der Waals surface area contributed by atoms with Crippen LogP contribution in [0.15, 0.2) is 24.3 Å². The van der Waals surface area contributed by atoms with E-state index in [1.165, 1.54) is 0 Å². The lowest BCUT2D eigenvalue weighted by atomic mass is 10.2. The van der Waals surface area contributed by atoms with Crippen LogP contribution in [0.4, 0.5) is 5.69 Å². The van der Waals surface area contributed by atoms with Gasteiger partial charge in [-0.25, -0.2) is 0 Å². The molecule has 2 aliphatic rings. The summed E-state index contributed by atoms with van der Waals surface area (Å²) in [7, 11) is 0. The van der Waals surface area contributed by atoms with Gasteiger partial charge in [0.2, 0.25) is 5.91 Å². The molecule has 2 atom stereocenters. The van der Waals surface area contributed by atoms with Crippen LogP contribution in [0.1, 0.15) is 36.5 Å². The van der Waals surface area contributed by atoms with Crippen LogP contribution in [0.2, 0.25) is 0 Å². The number of amides is 2. The third kappa shape index (κ3) is 2.95. The molecular formula is C15H18N2O2. The van der Waals surface area contributed by atoms with Gasteiger partial charge in [-0.05, 0) is 49.4 Å². The second kappa shape index (κ2) is 4.68. The summed E-state index contributed by atoms with van der Waals surface area (Å²) in [6, 6.07) is 7.44. The summed E-state index contributed by atoms with van der Waals surface area (Å²) in [6.45, 7) is 2.08. The van der Waals surface area contributed by atoms with E-state index in [-0.39, 0.29) is 17.7 Å². The van der Waals surface area contributed by atoms with E-state index >= 15 is 0 Å². The van der Waals surface area contributed by atoms with Gasteiger partial charge in [-0.3, -0.25) is 9.59 Å². The minimum absolute atomic E-state index is 0.0313. The number of carbonyl (C=O) groups is 2. The van der Waals surface area contributed by atoms with Gasteiger partial charge in [0.1, 0.15) is 0 Å². The lowest BCUT2D eigenvalue weighted by Crippen LogP contribution is -2.25. The van der Waals surface area contributed by atoms with Crippen LogP contribution in [0, 0.1) is 11.8 Å². The first-order valence-electron chi connectivity index (χ1n) is 6.85. The predicted octanol–water partition coefficient (Wildman–Crippen LogP) is 2.17. The van der Waals surface area contributed by atoms with Gasteiger partial charge in [0.05, 0.1) is 0 Å². The zero-order valence-corrected chi connectivity index (χ0v) is 11.0. The molecule has 2 aliphatic carbocycles. The Labute approximate surface area is 112 Å². The molecule has 0 aromatic heterocycles. The van der Waals surface area contributed by atoms with E-state index in [4.69, 9.17) is 0 Å². The van der Waals surface area contributed by atoms with Crippen molar-refractivity contribution in [3.05, 3.63) is 29.8 Å². The molecule has 0 radical (unpaired) electrons. The number of benzene rings is 1. The molecule has 4 heteroatoms. The van der Waals surface area contributed by atoms with Crippen molar-refractivity contribution >= 4 is 17.5 Å². The van der Waals surface area contributed by atoms with Crippen molar-refractivity contribution in [2.24, 2.45) is 11.8 Å². The summed E-state index contributed by atoms with van der Waals surface area (Å²) in [4.78, 5) is 23.6. The molecule has 2 saturated carbocycles. The Morgan fingerprint density at radius 1 is 1.16 bits per heavy atom. The van der Waals surface area contributed by atoms with Gasteiger partial charge < -0.3 is 10.6 Å². The molecule has 2 fully saturated rings. The Morgan fingerprint density at radius 3 is 2.32 bits per heavy atom. The number of carbonyl (C=O) groups excluding carboxylic acids is 2. The van der Waals surface area contributed by atoms with Gasteiger partial charge in [0, 0.05) is 23.2 Å². The maximum absolute atomic E-state index is 11.8. The molecule has 0 spiro atoms. The summed E-state index contributed by atoms with van der Waals surface area (Å²) in [5.41, 5.74) is 1.40. The summed E-state index contributed by atoms with van der Waals surface area (Å²) in [5, 5.41) is 5.82. The first-order chi connectivity index (χ1) is 9.13. The van der Waals surface area contributed by atoms with E-state index in [1.54, 1.807) is 24.3 Å². The highest BCUT2D eigenvalue weighted by Gasteiger charge is 2.39. The normalized spacial score (nSPS) is 24.7. The zero-order chi connectivity index (χ0) is 13.4. The van der Waals surface area contributed by atoms with Gasteiger partial charge in [-0.15, -0.1) is 0 Å². The SMILES string of the molecule is C[C@H]1C[C@H]1C(=O)Nc1ccc(C(=O)NC2CC2)cc1. The average molecular weight is 258 g/mol. The smallest absolute Gasteiger partial charge is 0.251 e. The molecule has 0 bridgehead atoms. The summed E-state index contributed by atoms with van der Waals surface area (Å²) < 4.78 is 0. The van der Waals surface area contributed by atoms with Crippen LogP contribution in [-0.2, 0) is 4.79 Å². The first kappa shape index (κ1) is 12.2. The number of hydrogen-bond donors (Lipinski definition) is 2. The second-order valence-corrected chi connectivity index (χ2v) is 5.63. The molecule has 0 saturated heterocycles. The van der Waals surface area contributed by atoms with E-state index in [1.807, 2.05) is 0 Å². The van der Waals surface area contributed by atoms with E-state index in [0.29, 0.717) is 17.5 Å². The van der Waals surface area contributed by atoms with E-state index < -0.39 is 0 Å². The minimum atomic E-state index is -0.0313. The van der Waals surface area contributed by atoms with E-state index in [9.17, 15) is 9.59 Å². The maximum Gasteiger partial charge on any atom is 0.251 e. The zero-order valence-electron chi connectivity index (χ0n) is 11.0. The molecule has 0 unspecified atom stereocenters. The summed E-state index contributed by atoms with van der Waals surface area (Å²) in [6.07, 6.45) is 3.15. The molecule has 2 amide bonds. The predicted molar refractivity (Wildman–Crippen MR) is 72.8 cm³/mol. The minimum Gasteiger partial charge on any atom is -0.349 e. The van der Waals surface area contributed by atoms with Crippen LogP contribution < -0.4 is 10.6 Å². The molecule has 2 N–H and O–H groups in total. The highest BCUT2D eigenvalue weighted by atomic mass is 16.2. The Kier molecular flexibility index (Phi) is 3.01. The van der Waals surface area contributed by atoms with Gasteiger partial charge in [0.25, 0.3) is 5.91 Å². The van der Waals surface area contributed by atoms with Crippen LogP contribution in [0.5, 0.6) is 0 Å². The summed E-state index contributed by atoms with van der Waals surface area (Å²) >= 11 is 0. The first-order valence-corrected chi connectivity index (χ1v) is 6.85. The molecular weight excluding hydrogens is 240 g/mol. The van der Waals surface area contributed by atoms with E-state index in [2.05, 4.69) is 17.6 Å². The third-order valence-corrected chi connectivity index (χ3v) is 3.77. The van der Waals surface area contributed by atoms with Crippen molar-refractivity contribution in [3.8, 4) is 0 Å². The highest BCUT2D eigenvalue weighted by molar-refractivity contribution is 5.97. The molecule has 3 rings (SSSR count). The number of hydrogen-bond acceptors (Lipinski definition) is 2. The van der Waals surface area contributed by atoms with Crippen molar-refractivity contribution in [3.63, 3.8) is 0 Å². The van der Waals surface area contributed by atoms with Crippen LogP contribution in [-0.4, -0.2) is 17.9 Å². The fourth-order valence-corrected chi connectivity index (χ4v) is 2.12. The second-order valence-electron chi connectivity index (χ2n) is 5.63. The van der Waals surface area contributed by atoms with Gasteiger partial charge in [-0.2, -0.15) is 0 Å². The topological polar surface area (TPSA) is 58.2 Å². The van der Waals surface area contributed by atoms with Crippen molar-refractivity contribution in [2.75, 3.05) is 5.32 Å². The van der Waals surface area contributed by atoms with Gasteiger partial charge in [0.15, 0.2) is 0 Å². The highest BCUT2D eigenvalue weighted by Crippen LogP contribution is 2.38. The molecule has 0 aliphatic heterocycles. The quantitative estimate of drug-likeness (QED) is 0.869. The number of rotatable bonds is 4.